The van der Waals surface area contributed by atoms with Crippen molar-refractivity contribution < 1.29 is 13.9 Å². The van der Waals surface area contributed by atoms with Gasteiger partial charge in [-0.05, 0) is 35.9 Å². The average Bonchev–Trinajstić information content (AvgIpc) is 2.69. The van der Waals surface area contributed by atoms with Gasteiger partial charge in [-0.15, -0.1) is 0 Å². The standard InChI is InChI=1S/C20H17ClFN3O3/c1-28-18-10-15(22)6-7-16(18)17-8-9-20(27)25(24-17)12-19(26)23-11-13-2-4-14(21)5-3-13/h2-10H,11-12H2,1H3,(H,23,26). The molecule has 1 heterocycles. The summed E-state index contributed by atoms with van der Waals surface area (Å²) in [5, 5.41) is 7.55. The van der Waals surface area contributed by atoms with Crippen LogP contribution in [-0.4, -0.2) is 22.8 Å². The van der Waals surface area contributed by atoms with Crippen LogP contribution in [0, 0.1) is 5.82 Å². The maximum Gasteiger partial charge on any atom is 0.267 e. The topological polar surface area (TPSA) is 73.2 Å². The van der Waals surface area contributed by atoms with Gasteiger partial charge < -0.3 is 10.1 Å². The lowest BCUT2D eigenvalue weighted by molar-refractivity contribution is -0.122. The number of nitrogens with one attached hydrogen (secondary N) is 1. The van der Waals surface area contributed by atoms with Crippen molar-refractivity contribution in [3.05, 3.63) is 81.4 Å². The highest BCUT2D eigenvalue weighted by Crippen LogP contribution is 2.28. The van der Waals surface area contributed by atoms with E-state index < -0.39 is 11.4 Å². The van der Waals surface area contributed by atoms with Crippen molar-refractivity contribution in [2.75, 3.05) is 7.11 Å². The van der Waals surface area contributed by atoms with Crippen molar-refractivity contribution in [3.8, 4) is 17.0 Å². The summed E-state index contributed by atoms with van der Waals surface area (Å²) in [6.45, 7) is 0.0556. The second-order valence-corrected chi connectivity index (χ2v) is 6.40. The Balaban J connectivity index is 1.75. The molecule has 8 heteroatoms. The molecule has 0 atom stereocenters. The van der Waals surface area contributed by atoms with Gasteiger partial charge in [0.25, 0.3) is 5.56 Å². The molecule has 28 heavy (non-hydrogen) atoms. The largest absolute Gasteiger partial charge is 0.496 e. The highest BCUT2D eigenvalue weighted by molar-refractivity contribution is 6.30. The van der Waals surface area contributed by atoms with E-state index in [0.29, 0.717) is 22.8 Å². The molecule has 0 aliphatic rings. The lowest BCUT2D eigenvalue weighted by Crippen LogP contribution is -2.33. The van der Waals surface area contributed by atoms with Crippen LogP contribution in [0.25, 0.3) is 11.3 Å². The predicted molar refractivity (Wildman–Crippen MR) is 104 cm³/mol. The zero-order valence-electron chi connectivity index (χ0n) is 15.0. The molecule has 0 radical (unpaired) electrons. The molecule has 2 aromatic carbocycles. The molecule has 0 saturated heterocycles. The van der Waals surface area contributed by atoms with Gasteiger partial charge in [0.15, 0.2) is 0 Å². The lowest BCUT2D eigenvalue weighted by Gasteiger charge is -2.11. The van der Waals surface area contributed by atoms with Crippen LogP contribution in [0.5, 0.6) is 5.75 Å². The van der Waals surface area contributed by atoms with Gasteiger partial charge in [0.05, 0.1) is 12.8 Å². The van der Waals surface area contributed by atoms with Crippen molar-refractivity contribution in [3.63, 3.8) is 0 Å². The molecule has 3 rings (SSSR count). The highest BCUT2D eigenvalue weighted by atomic mass is 35.5. The van der Waals surface area contributed by atoms with Gasteiger partial charge in [0.1, 0.15) is 18.1 Å². The van der Waals surface area contributed by atoms with E-state index in [9.17, 15) is 14.0 Å². The fraction of sp³-hybridized carbons (Fsp3) is 0.150. The van der Waals surface area contributed by atoms with Gasteiger partial charge in [-0.25, -0.2) is 9.07 Å². The first-order valence-electron chi connectivity index (χ1n) is 8.39. The monoisotopic (exact) mass is 401 g/mol. The number of hydrogen-bond acceptors (Lipinski definition) is 4. The summed E-state index contributed by atoms with van der Waals surface area (Å²) in [7, 11) is 1.42. The molecule has 0 bridgehead atoms. The Labute approximate surface area is 165 Å². The third-order valence-corrected chi connectivity index (χ3v) is 4.25. The molecule has 0 unspecified atom stereocenters. The van der Waals surface area contributed by atoms with Gasteiger partial charge in [-0.1, -0.05) is 23.7 Å². The Morgan fingerprint density at radius 2 is 1.93 bits per heavy atom. The van der Waals surface area contributed by atoms with E-state index in [1.54, 1.807) is 24.3 Å². The van der Waals surface area contributed by atoms with E-state index in [4.69, 9.17) is 16.3 Å². The zero-order chi connectivity index (χ0) is 20.1. The molecule has 144 valence electrons. The molecule has 0 aliphatic heterocycles. The first-order chi connectivity index (χ1) is 13.5. The van der Waals surface area contributed by atoms with Gasteiger partial charge in [0, 0.05) is 29.3 Å². The number of nitrogens with zero attached hydrogens (tertiary/aromatic N) is 2. The normalized spacial score (nSPS) is 10.5. The molecule has 0 saturated carbocycles. The first kappa shape index (κ1) is 19.6. The molecule has 0 fully saturated rings. The number of rotatable bonds is 6. The van der Waals surface area contributed by atoms with Crippen LogP contribution in [-0.2, 0) is 17.9 Å². The minimum Gasteiger partial charge on any atom is -0.496 e. The van der Waals surface area contributed by atoms with Crippen molar-refractivity contribution in [1.29, 1.82) is 0 Å². The summed E-state index contributed by atoms with van der Waals surface area (Å²) < 4.78 is 19.6. The van der Waals surface area contributed by atoms with Crippen molar-refractivity contribution >= 4 is 17.5 Å². The summed E-state index contributed by atoms with van der Waals surface area (Å²) in [6, 6.07) is 13.9. The molecular weight excluding hydrogens is 385 g/mol. The number of methoxy groups -OCH3 is 1. The van der Waals surface area contributed by atoms with Gasteiger partial charge in [-0.3, -0.25) is 9.59 Å². The number of ether oxygens (including phenoxy) is 1. The molecule has 0 spiro atoms. The van der Waals surface area contributed by atoms with Gasteiger partial charge >= 0.3 is 0 Å². The molecule has 1 N–H and O–H groups in total. The number of halogens is 2. The van der Waals surface area contributed by atoms with E-state index in [-0.39, 0.29) is 18.2 Å². The van der Waals surface area contributed by atoms with Crippen molar-refractivity contribution in [2.24, 2.45) is 0 Å². The third kappa shape index (κ3) is 4.75. The van der Waals surface area contributed by atoms with Crippen LogP contribution in [0.15, 0.2) is 59.4 Å². The molecular formula is C20H17ClFN3O3. The minimum atomic E-state index is -0.449. The Morgan fingerprint density at radius 1 is 1.18 bits per heavy atom. The van der Waals surface area contributed by atoms with E-state index in [2.05, 4.69) is 10.4 Å². The maximum absolute atomic E-state index is 13.4. The smallest absolute Gasteiger partial charge is 0.267 e. The number of carbonyl (C=O) groups is 1. The molecule has 0 aliphatic carbocycles. The minimum absolute atomic E-state index is 0.246. The first-order valence-corrected chi connectivity index (χ1v) is 8.77. The SMILES string of the molecule is COc1cc(F)ccc1-c1ccc(=O)n(CC(=O)NCc2ccc(Cl)cc2)n1. The summed E-state index contributed by atoms with van der Waals surface area (Å²) >= 11 is 5.83. The lowest BCUT2D eigenvalue weighted by atomic mass is 10.1. The van der Waals surface area contributed by atoms with E-state index >= 15 is 0 Å². The number of benzene rings is 2. The summed E-state index contributed by atoms with van der Waals surface area (Å²) in [6.07, 6.45) is 0. The Kier molecular flexibility index (Phi) is 6.06. The zero-order valence-corrected chi connectivity index (χ0v) is 15.7. The number of amides is 1. The van der Waals surface area contributed by atoms with E-state index in [0.717, 1.165) is 10.2 Å². The number of aromatic nitrogens is 2. The quantitative estimate of drug-likeness (QED) is 0.689. The van der Waals surface area contributed by atoms with Gasteiger partial charge in [-0.2, -0.15) is 5.10 Å². The number of hydrogen-bond donors (Lipinski definition) is 1. The van der Waals surface area contributed by atoms with Crippen LogP contribution < -0.4 is 15.6 Å². The van der Waals surface area contributed by atoms with Crippen molar-refractivity contribution in [1.82, 2.24) is 15.1 Å². The third-order valence-electron chi connectivity index (χ3n) is 4.00. The molecule has 1 aromatic heterocycles. The molecule has 6 nitrogen and oxygen atoms in total. The predicted octanol–water partition coefficient (Wildman–Crippen LogP) is 3.03. The number of carbonyl (C=O) groups excluding carboxylic acids is 1. The Hall–Kier alpha value is -3.19. The average molecular weight is 402 g/mol. The van der Waals surface area contributed by atoms with Crippen molar-refractivity contribution in [2.45, 2.75) is 13.1 Å². The summed E-state index contributed by atoms with van der Waals surface area (Å²) in [5.41, 5.74) is 1.36. The van der Waals surface area contributed by atoms with Crippen LogP contribution >= 0.6 is 11.6 Å². The molecule has 1 amide bonds. The van der Waals surface area contributed by atoms with Crippen LogP contribution in [0.1, 0.15) is 5.56 Å². The summed E-state index contributed by atoms with van der Waals surface area (Å²) in [5.74, 6) is -0.534. The summed E-state index contributed by atoms with van der Waals surface area (Å²) in [4.78, 5) is 24.3. The Bertz CT molecular complexity index is 1050. The fourth-order valence-corrected chi connectivity index (χ4v) is 2.70. The van der Waals surface area contributed by atoms with Gasteiger partial charge in [0.2, 0.25) is 5.91 Å². The Morgan fingerprint density at radius 3 is 2.64 bits per heavy atom. The fourth-order valence-electron chi connectivity index (χ4n) is 2.58. The van der Waals surface area contributed by atoms with E-state index in [1.165, 1.54) is 37.4 Å². The highest BCUT2D eigenvalue weighted by Gasteiger charge is 2.12. The van der Waals surface area contributed by atoms with Crippen LogP contribution in [0.2, 0.25) is 5.02 Å². The second kappa shape index (κ2) is 8.67. The molecule has 3 aromatic rings. The second-order valence-electron chi connectivity index (χ2n) is 5.96. The van der Waals surface area contributed by atoms with Crippen LogP contribution in [0.4, 0.5) is 4.39 Å². The van der Waals surface area contributed by atoms with Crippen LogP contribution in [0.3, 0.4) is 0 Å². The van der Waals surface area contributed by atoms with E-state index in [1.807, 2.05) is 0 Å². The maximum atomic E-state index is 13.4.